The van der Waals surface area contributed by atoms with Crippen molar-refractivity contribution in [2.24, 2.45) is 5.10 Å². The number of carbonyl (C=O) groups excluding carboxylic acids is 1. The molecule has 3 aromatic carbocycles. The van der Waals surface area contributed by atoms with Crippen molar-refractivity contribution in [2.45, 2.75) is 6.61 Å². The van der Waals surface area contributed by atoms with Gasteiger partial charge in [0.2, 0.25) is 0 Å². The van der Waals surface area contributed by atoms with E-state index in [0.29, 0.717) is 18.1 Å². The zero-order valence-electron chi connectivity index (χ0n) is 16.1. The first kappa shape index (κ1) is 19.9. The minimum absolute atomic E-state index is 0.143. The number of para-hydroxylation sites is 1. The van der Waals surface area contributed by atoms with Crippen molar-refractivity contribution in [3.05, 3.63) is 90.0 Å². The molecule has 3 rings (SSSR count). The Labute approximate surface area is 169 Å². The van der Waals surface area contributed by atoms with Gasteiger partial charge in [-0.15, -0.1) is 0 Å². The SMILES string of the molecule is COc1ccc(OCC(=O)N/N=C\c2ccccc2OCc2ccccc2)cc1. The van der Waals surface area contributed by atoms with Crippen LogP contribution in [0.15, 0.2) is 84.0 Å². The molecular weight excluding hydrogens is 368 g/mol. The number of hydrogen-bond acceptors (Lipinski definition) is 5. The molecule has 1 N–H and O–H groups in total. The van der Waals surface area contributed by atoms with E-state index in [1.807, 2.05) is 54.6 Å². The average molecular weight is 390 g/mol. The van der Waals surface area contributed by atoms with Gasteiger partial charge < -0.3 is 14.2 Å². The van der Waals surface area contributed by atoms with Gasteiger partial charge in [0.15, 0.2) is 6.61 Å². The molecule has 0 saturated carbocycles. The number of carbonyl (C=O) groups is 1. The van der Waals surface area contributed by atoms with Crippen LogP contribution in [-0.2, 0) is 11.4 Å². The minimum Gasteiger partial charge on any atom is -0.497 e. The fraction of sp³-hybridized carbons (Fsp3) is 0.130. The fourth-order valence-electron chi connectivity index (χ4n) is 2.48. The molecule has 0 unspecified atom stereocenters. The van der Waals surface area contributed by atoms with Crippen LogP contribution in [0.4, 0.5) is 0 Å². The Balaban J connectivity index is 1.49. The van der Waals surface area contributed by atoms with Crippen LogP contribution in [-0.4, -0.2) is 25.8 Å². The molecule has 3 aromatic rings. The second kappa shape index (κ2) is 10.5. The lowest BCUT2D eigenvalue weighted by Gasteiger charge is -2.09. The highest BCUT2D eigenvalue weighted by atomic mass is 16.5. The summed E-state index contributed by atoms with van der Waals surface area (Å²) in [7, 11) is 1.59. The van der Waals surface area contributed by atoms with Gasteiger partial charge in [-0.3, -0.25) is 4.79 Å². The van der Waals surface area contributed by atoms with E-state index in [1.165, 1.54) is 0 Å². The molecule has 6 nitrogen and oxygen atoms in total. The summed E-state index contributed by atoms with van der Waals surface area (Å²) < 4.78 is 16.4. The molecule has 0 aliphatic rings. The van der Waals surface area contributed by atoms with Crippen LogP contribution in [0.25, 0.3) is 0 Å². The van der Waals surface area contributed by atoms with Gasteiger partial charge in [0.05, 0.1) is 13.3 Å². The molecule has 0 radical (unpaired) electrons. The monoisotopic (exact) mass is 390 g/mol. The summed E-state index contributed by atoms with van der Waals surface area (Å²) in [5.74, 6) is 1.62. The second-order valence-electron chi connectivity index (χ2n) is 6.07. The third-order valence-electron chi connectivity index (χ3n) is 3.98. The Morgan fingerprint density at radius 2 is 1.59 bits per heavy atom. The quantitative estimate of drug-likeness (QED) is 0.446. The molecule has 6 heteroatoms. The van der Waals surface area contributed by atoms with E-state index in [0.717, 1.165) is 16.9 Å². The summed E-state index contributed by atoms with van der Waals surface area (Å²) in [5, 5.41) is 3.99. The number of methoxy groups -OCH3 is 1. The van der Waals surface area contributed by atoms with Gasteiger partial charge in [0, 0.05) is 5.56 Å². The molecule has 0 saturated heterocycles. The van der Waals surface area contributed by atoms with E-state index in [-0.39, 0.29) is 12.5 Å². The Kier molecular flexibility index (Phi) is 7.23. The molecule has 0 fully saturated rings. The number of benzene rings is 3. The zero-order chi connectivity index (χ0) is 20.3. The van der Waals surface area contributed by atoms with Gasteiger partial charge in [-0.25, -0.2) is 5.43 Å². The highest BCUT2D eigenvalue weighted by Crippen LogP contribution is 2.18. The topological polar surface area (TPSA) is 69.2 Å². The number of nitrogens with zero attached hydrogens (tertiary/aromatic N) is 1. The van der Waals surface area contributed by atoms with Crippen LogP contribution in [0.1, 0.15) is 11.1 Å². The van der Waals surface area contributed by atoms with Gasteiger partial charge in [-0.2, -0.15) is 5.10 Å². The number of ether oxygens (including phenoxy) is 3. The molecular formula is C23H22N2O4. The molecule has 1 amide bonds. The number of amides is 1. The molecule has 0 aromatic heterocycles. The smallest absolute Gasteiger partial charge is 0.277 e. The van der Waals surface area contributed by atoms with E-state index in [9.17, 15) is 4.79 Å². The number of hydrogen-bond donors (Lipinski definition) is 1. The van der Waals surface area contributed by atoms with Crippen LogP contribution in [0, 0.1) is 0 Å². The van der Waals surface area contributed by atoms with Crippen LogP contribution in [0.3, 0.4) is 0 Å². The van der Waals surface area contributed by atoms with Crippen molar-refractivity contribution < 1.29 is 19.0 Å². The number of rotatable bonds is 9. The first-order valence-electron chi connectivity index (χ1n) is 9.09. The largest absolute Gasteiger partial charge is 0.497 e. The molecule has 0 aliphatic carbocycles. The van der Waals surface area contributed by atoms with Crippen molar-refractivity contribution in [3.8, 4) is 17.2 Å². The summed E-state index contributed by atoms with van der Waals surface area (Å²) in [6, 6.07) is 24.4. The number of hydrazone groups is 1. The van der Waals surface area contributed by atoms with E-state index < -0.39 is 0 Å². The van der Waals surface area contributed by atoms with E-state index in [1.54, 1.807) is 37.6 Å². The molecule has 0 bridgehead atoms. The summed E-state index contributed by atoms with van der Waals surface area (Å²) in [6.07, 6.45) is 1.55. The van der Waals surface area contributed by atoms with Gasteiger partial charge >= 0.3 is 0 Å². The normalized spacial score (nSPS) is 10.5. The standard InChI is InChI=1S/C23H22N2O4/c1-27-20-11-13-21(14-12-20)28-17-23(26)25-24-15-19-9-5-6-10-22(19)29-16-18-7-3-2-4-8-18/h2-15H,16-17H2,1H3,(H,25,26)/b24-15-. The highest BCUT2D eigenvalue weighted by molar-refractivity contribution is 5.85. The lowest BCUT2D eigenvalue weighted by molar-refractivity contribution is -0.123. The van der Waals surface area contributed by atoms with Crippen molar-refractivity contribution in [1.29, 1.82) is 0 Å². The van der Waals surface area contributed by atoms with Crippen LogP contribution >= 0.6 is 0 Å². The average Bonchev–Trinajstić information content (AvgIpc) is 2.78. The van der Waals surface area contributed by atoms with Gasteiger partial charge in [-0.1, -0.05) is 42.5 Å². The predicted octanol–water partition coefficient (Wildman–Crippen LogP) is 3.80. The third-order valence-corrected chi connectivity index (χ3v) is 3.98. The van der Waals surface area contributed by atoms with Crippen molar-refractivity contribution in [3.63, 3.8) is 0 Å². The van der Waals surface area contributed by atoms with E-state index in [2.05, 4.69) is 10.5 Å². The van der Waals surface area contributed by atoms with Crippen molar-refractivity contribution in [1.82, 2.24) is 5.43 Å². The summed E-state index contributed by atoms with van der Waals surface area (Å²) in [6.45, 7) is 0.309. The molecule has 0 atom stereocenters. The van der Waals surface area contributed by atoms with Gasteiger partial charge in [-0.05, 0) is 42.0 Å². The third kappa shape index (κ3) is 6.39. The van der Waals surface area contributed by atoms with Gasteiger partial charge in [0.25, 0.3) is 5.91 Å². The lowest BCUT2D eigenvalue weighted by atomic mass is 10.2. The maximum Gasteiger partial charge on any atom is 0.277 e. The Hall–Kier alpha value is -3.80. The maximum atomic E-state index is 11.9. The molecule has 0 spiro atoms. The maximum absolute atomic E-state index is 11.9. The summed E-state index contributed by atoms with van der Waals surface area (Å²) >= 11 is 0. The highest BCUT2D eigenvalue weighted by Gasteiger charge is 2.04. The molecule has 29 heavy (non-hydrogen) atoms. The lowest BCUT2D eigenvalue weighted by Crippen LogP contribution is -2.24. The van der Waals surface area contributed by atoms with Crippen molar-refractivity contribution >= 4 is 12.1 Å². The van der Waals surface area contributed by atoms with Crippen molar-refractivity contribution in [2.75, 3.05) is 13.7 Å². The first-order valence-corrected chi connectivity index (χ1v) is 9.09. The fourth-order valence-corrected chi connectivity index (χ4v) is 2.48. The first-order chi connectivity index (χ1) is 14.2. The summed E-state index contributed by atoms with van der Waals surface area (Å²) in [5.41, 5.74) is 4.29. The van der Waals surface area contributed by atoms with Crippen LogP contribution in [0.5, 0.6) is 17.2 Å². The van der Waals surface area contributed by atoms with Crippen LogP contribution in [0.2, 0.25) is 0 Å². The Morgan fingerprint density at radius 3 is 2.34 bits per heavy atom. The Bertz CT molecular complexity index is 941. The molecule has 0 heterocycles. The Morgan fingerprint density at radius 1 is 0.897 bits per heavy atom. The molecule has 0 aliphatic heterocycles. The molecule has 148 valence electrons. The predicted molar refractivity (Wildman–Crippen MR) is 111 cm³/mol. The zero-order valence-corrected chi connectivity index (χ0v) is 16.1. The van der Waals surface area contributed by atoms with E-state index in [4.69, 9.17) is 14.2 Å². The number of nitrogens with one attached hydrogen (secondary N) is 1. The van der Waals surface area contributed by atoms with Crippen LogP contribution < -0.4 is 19.6 Å². The van der Waals surface area contributed by atoms with E-state index >= 15 is 0 Å². The van der Waals surface area contributed by atoms with Gasteiger partial charge in [0.1, 0.15) is 23.9 Å². The second-order valence-corrected chi connectivity index (χ2v) is 6.07. The minimum atomic E-state index is -0.361. The summed E-state index contributed by atoms with van der Waals surface area (Å²) in [4.78, 5) is 11.9.